The number of nitrogens with one attached hydrogen (secondary N) is 1. The first-order valence-electron chi connectivity index (χ1n) is 6.28. The highest BCUT2D eigenvalue weighted by Gasteiger charge is 1.97. The number of carbonyl (C=O) groups excluding carboxylic acids is 1. The molecule has 0 bridgehead atoms. The molecule has 2 aromatic rings. The van der Waals surface area contributed by atoms with Crippen molar-refractivity contribution in [1.82, 2.24) is 5.32 Å². The lowest BCUT2D eigenvalue weighted by Gasteiger charge is -2.02. The van der Waals surface area contributed by atoms with Crippen LogP contribution in [0.3, 0.4) is 0 Å². The molecule has 2 N–H and O–H groups in total. The Labute approximate surface area is 118 Å². The molecule has 0 aliphatic heterocycles. The first-order valence-corrected chi connectivity index (χ1v) is 6.28. The maximum Gasteiger partial charge on any atom is 0.217 e. The number of benzene rings is 2. The van der Waals surface area contributed by atoms with Gasteiger partial charge in [-0.1, -0.05) is 36.1 Å². The molecule has 0 unspecified atom stereocenters. The van der Waals surface area contributed by atoms with Crippen LogP contribution in [0.25, 0.3) is 11.1 Å². The van der Waals surface area contributed by atoms with Gasteiger partial charge in [0.2, 0.25) is 5.91 Å². The summed E-state index contributed by atoms with van der Waals surface area (Å²) in [6.07, 6.45) is 0. The highest BCUT2D eigenvalue weighted by Crippen LogP contribution is 2.21. The van der Waals surface area contributed by atoms with Crippen molar-refractivity contribution in [3.63, 3.8) is 0 Å². The summed E-state index contributed by atoms with van der Waals surface area (Å²) in [5.41, 5.74) is 3.01. The first kappa shape index (κ1) is 13.7. The van der Waals surface area contributed by atoms with Crippen molar-refractivity contribution in [3.8, 4) is 28.7 Å². The summed E-state index contributed by atoms with van der Waals surface area (Å²) < 4.78 is 0. The van der Waals surface area contributed by atoms with Crippen LogP contribution in [0.1, 0.15) is 12.5 Å². The lowest BCUT2D eigenvalue weighted by molar-refractivity contribution is -0.118. The third kappa shape index (κ3) is 3.89. The van der Waals surface area contributed by atoms with E-state index in [1.165, 1.54) is 6.92 Å². The summed E-state index contributed by atoms with van der Waals surface area (Å²) in [5, 5.41) is 11.9. The van der Waals surface area contributed by atoms with E-state index < -0.39 is 0 Å². The molecule has 0 atom stereocenters. The molecule has 0 saturated heterocycles. The van der Waals surface area contributed by atoms with Crippen molar-refractivity contribution >= 4 is 5.91 Å². The van der Waals surface area contributed by atoms with Gasteiger partial charge in [-0.05, 0) is 35.4 Å². The van der Waals surface area contributed by atoms with Crippen LogP contribution >= 0.6 is 0 Å². The van der Waals surface area contributed by atoms with Crippen molar-refractivity contribution in [1.29, 1.82) is 0 Å². The number of hydrogen-bond acceptors (Lipinski definition) is 2. The molecule has 0 spiro atoms. The molecule has 3 heteroatoms. The van der Waals surface area contributed by atoms with E-state index in [1.807, 2.05) is 36.4 Å². The number of phenols is 1. The van der Waals surface area contributed by atoms with Crippen LogP contribution in [0, 0.1) is 11.8 Å². The van der Waals surface area contributed by atoms with E-state index in [1.54, 1.807) is 12.1 Å². The maximum atomic E-state index is 10.7. The molecule has 20 heavy (non-hydrogen) atoms. The van der Waals surface area contributed by atoms with Gasteiger partial charge >= 0.3 is 0 Å². The molecular weight excluding hydrogens is 250 g/mol. The molecule has 2 aromatic carbocycles. The van der Waals surface area contributed by atoms with E-state index in [0.717, 1.165) is 16.7 Å². The second kappa shape index (κ2) is 6.44. The van der Waals surface area contributed by atoms with Crippen molar-refractivity contribution in [2.45, 2.75) is 6.92 Å². The second-order valence-corrected chi connectivity index (χ2v) is 4.34. The minimum absolute atomic E-state index is 0.0815. The standard InChI is InChI=1S/C17H15NO2/c1-13(19)18-12-2-3-14-4-6-15(7-5-14)16-8-10-17(20)11-9-16/h4-11,20H,12H2,1H3,(H,18,19). The second-order valence-electron chi connectivity index (χ2n) is 4.34. The largest absolute Gasteiger partial charge is 0.508 e. The molecule has 3 nitrogen and oxygen atoms in total. The van der Waals surface area contributed by atoms with Crippen LogP contribution in [0.4, 0.5) is 0 Å². The Kier molecular flexibility index (Phi) is 4.41. The van der Waals surface area contributed by atoms with Crippen molar-refractivity contribution < 1.29 is 9.90 Å². The molecule has 0 aliphatic carbocycles. The molecule has 0 radical (unpaired) electrons. The zero-order valence-corrected chi connectivity index (χ0v) is 11.2. The Hall–Kier alpha value is -2.73. The van der Waals surface area contributed by atoms with Gasteiger partial charge in [-0.2, -0.15) is 0 Å². The molecule has 0 saturated carbocycles. The van der Waals surface area contributed by atoms with Gasteiger partial charge in [0, 0.05) is 12.5 Å². The number of rotatable bonds is 2. The highest BCUT2D eigenvalue weighted by molar-refractivity contribution is 5.73. The minimum Gasteiger partial charge on any atom is -0.508 e. The van der Waals surface area contributed by atoms with Crippen LogP contribution < -0.4 is 5.32 Å². The van der Waals surface area contributed by atoms with Crippen LogP contribution in [-0.2, 0) is 4.79 Å². The molecular formula is C17H15NO2. The van der Waals surface area contributed by atoms with Crippen LogP contribution in [0.5, 0.6) is 5.75 Å². The minimum atomic E-state index is -0.0815. The molecule has 100 valence electrons. The van der Waals surface area contributed by atoms with E-state index in [4.69, 9.17) is 0 Å². The third-order valence-electron chi connectivity index (χ3n) is 2.74. The maximum absolute atomic E-state index is 10.7. The average molecular weight is 265 g/mol. The Bertz CT molecular complexity index is 646. The smallest absolute Gasteiger partial charge is 0.217 e. The first-order chi connectivity index (χ1) is 9.65. The van der Waals surface area contributed by atoms with Crippen molar-refractivity contribution in [2.24, 2.45) is 0 Å². The summed E-state index contributed by atoms with van der Waals surface area (Å²) >= 11 is 0. The predicted octanol–water partition coefficient (Wildman–Crippen LogP) is 2.55. The fourth-order valence-corrected chi connectivity index (χ4v) is 1.71. The molecule has 2 rings (SSSR count). The summed E-state index contributed by atoms with van der Waals surface area (Å²) in [7, 11) is 0. The van der Waals surface area contributed by atoms with Gasteiger partial charge in [-0.25, -0.2) is 0 Å². The summed E-state index contributed by atoms with van der Waals surface area (Å²) in [6, 6.07) is 14.9. The molecule has 0 aromatic heterocycles. The van der Waals surface area contributed by atoms with Gasteiger partial charge in [-0.15, -0.1) is 0 Å². The third-order valence-corrected chi connectivity index (χ3v) is 2.74. The van der Waals surface area contributed by atoms with Gasteiger partial charge in [0.15, 0.2) is 0 Å². The van der Waals surface area contributed by atoms with Gasteiger partial charge in [0.1, 0.15) is 5.75 Å². The number of amides is 1. The van der Waals surface area contributed by atoms with Crippen LogP contribution in [0.2, 0.25) is 0 Å². The van der Waals surface area contributed by atoms with Gasteiger partial charge in [-0.3, -0.25) is 4.79 Å². The van der Waals surface area contributed by atoms with Gasteiger partial charge < -0.3 is 10.4 Å². The summed E-state index contributed by atoms with van der Waals surface area (Å²) in [5.74, 6) is 6.04. The molecule has 1 amide bonds. The number of carbonyl (C=O) groups is 1. The predicted molar refractivity (Wildman–Crippen MR) is 79.1 cm³/mol. The van der Waals surface area contributed by atoms with E-state index in [-0.39, 0.29) is 11.7 Å². The average Bonchev–Trinajstić information content (AvgIpc) is 2.45. The highest BCUT2D eigenvalue weighted by atomic mass is 16.3. The lowest BCUT2D eigenvalue weighted by Crippen LogP contribution is -2.19. The van der Waals surface area contributed by atoms with E-state index >= 15 is 0 Å². The fraction of sp³-hybridized carbons (Fsp3) is 0.118. The van der Waals surface area contributed by atoms with E-state index in [2.05, 4.69) is 17.2 Å². The lowest BCUT2D eigenvalue weighted by atomic mass is 10.0. The Morgan fingerprint density at radius 2 is 1.60 bits per heavy atom. The SMILES string of the molecule is CC(=O)NCC#Cc1ccc(-c2ccc(O)cc2)cc1. The Balaban J connectivity index is 2.06. The quantitative estimate of drug-likeness (QED) is 0.820. The monoisotopic (exact) mass is 265 g/mol. The topological polar surface area (TPSA) is 49.3 Å². The van der Waals surface area contributed by atoms with Crippen molar-refractivity contribution in [3.05, 3.63) is 54.1 Å². The number of phenolic OH excluding ortho intramolecular Hbond substituents is 1. The van der Waals surface area contributed by atoms with E-state index in [0.29, 0.717) is 6.54 Å². The van der Waals surface area contributed by atoms with Crippen LogP contribution in [-0.4, -0.2) is 17.6 Å². The Morgan fingerprint density at radius 3 is 2.15 bits per heavy atom. The molecule has 0 aliphatic rings. The van der Waals surface area contributed by atoms with Crippen LogP contribution in [0.15, 0.2) is 48.5 Å². The van der Waals surface area contributed by atoms with Crippen molar-refractivity contribution in [2.75, 3.05) is 6.54 Å². The van der Waals surface area contributed by atoms with Gasteiger partial charge in [0.05, 0.1) is 6.54 Å². The molecule has 0 fully saturated rings. The number of hydrogen-bond donors (Lipinski definition) is 2. The zero-order chi connectivity index (χ0) is 14.4. The Morgan fingerprint density at radius 1 is 1.05 bits per heavy atom. The van der Waals surface area contributed by atoms with E-state index in [9.17, 15) is 9.90 Å². The van der Waals surface area contributed by atoms with Gasteiger partial charge in [0.25, 0.3) is 0 Å². The summed E-state index contributed by atoms with van der Waals surface area (Å²) in [6.45, 7) is 1.82. The normalized spacial score (nSPS) is 9.45. The zero-order valence-electron chi connectivity index (χ0n) is 11.2. The summed E-state index contributed by atoms with van der Waals surface area (Å²) in [4.78, 5) is 10.7. The fourth-order valence-electron chi connectivity index (χ4n) is 1.71. The number of aromatic hydroxyl groups is 1. The molecule has 0 heterocycles.